The SMILES string of the molecule is CN(CC1=C(C=O)C(c2ccc(F)cc2)NC(=O)N1)C1=CC=c2[nH]ncc2=CC1. The van der Waals surface area contributed by atoms with Crippen LogP contribution in [-0.2, 0) is 4.79 Å². The molecule has 1 atom stereocenters. The van der Waals surface area contributed by atoms with Crippen LogP contribution in [0.4, 0.5) is 9.18 Å². The number of hydrogen-bond acceptors (Lipinski definition) is 4. The van der Waals surface area contributed by atoms with Crippen molar-refractivity contribution in [1.82, 2.24) is 25.7 Å². The minimum Gasteiger partial charge on any atom is -0.372 e. The fourth-order valence-corrected chi connectivity index (χ4v) is 3.50. The molecule has 0 fully saturated rings. The Morgan fingerprint density at radius 3 is 2.83 bits per heavy atom. The molecule has 4 rings (SSSR count). The summed E-state index contributed by atoms with van der Waals surface area (Å²) in [7, 11) is 1.90. The molecular formula is C21H20FN5O2. The summed E-state index contributed by atoms with van der Waals surface area (Å²) in [5.74, 6) is -0.376. The number of aromatic amines is 1. The third-order valence-electron chi connectivity index (χ3n) is 5.09. The zero-order valence-electron chi connectivity index (χ0n) is 15.8. The van der Waals surface area contributed by atoms with Gasteiger partial charge < -0.3 is 15.5 Å². The number of fused-ring (bicyclic) bond motifs is 1. The van der Waals surface area contributed by atoms with Crippen molar-refractivity contribution in [3.63, 3.8) is 0 Å². The maximum atomic E-state index is 13.3. The molecule has 1 unspecified atom stereocenters. The van der Waals surface area contributed by atoms with E-state index in [1.54, 1.807) is 18.3 Å². The summed E-state index contributed by atoms with van der Waals surface area (Å²) in [5, 5.41) is 14.4. The maximum absolute atomic E-state index is 13.3. The number of halogens is 1. The second-order valence-electron chi connectivity index (χ2n) is 6.96. The first-order valence-electron chi connectivity index (χ1n) is 9.18. The predicted molar refractivity (Wildman–Crippen MR) is 106 cm³/mol. The van der Waals surface area contributed by atoms with Gasteiger partial charge in [0, 0.05) is 35.7 Å². The van der Waals surface area contributed by atoms with Crippen molar-refractivity contribution < 1.29 is 14.0 Å². The minimum atomic E-state index is -0.627. The molecule has 2 aromatic rings. The minimum absolute atomic E-state index is 0.346. The Bertz CT molecular complexity index is 1130. The molecule has 0 bridgehead atoms. The highest BCUT2D eigenvalue weighted by Crippen LogP contribution is 2.26. The van der Waals surface area contributed by atoms with Crippen molar-refractivity contribution >= 4 is 24.5 Å². The van der Waals surface area contributed by atoms with E-state index in [0.29, 0.717) is 29.8 Å². The van der Waals surface area contributed by atoms with Gasteiger partial charge in [0.25, 0.3) is 0 Å². The molecule has 3 N–H and O–H groups in total. The summed E-state index contributed by atoms with van der Waals surface area (Å²) in [4.78, 5) is 26.1. The van der Waals surface area contributed by atoms with Gasteiger partial charge in [0.2, 0.25) is 0 Å². The molecule has 2 heterocycles. The average Bonchev–Trinajstić information content (AvgIpc) is 3.06. The molecule has 1 aliphatic carbocycles. The Kier molecular flexibility index (Phi) is 4.99. The highest BCUT2D eigenvalue weighted by atomic mass is 19.1. The van der Waals surface area contributed by atoms with Crippen molar-refractivity contribution in [2.75, 3.05) is 13.6 Å². The molecule has 1 aromatic carbocycles. The Morgan fingerprint density at radius 1 is 1.28 bits per heavy atom. The van der Waals surface area contributed by atoms with Gasteiger partial charge in [0.15, 0.2) is 0 Å². The molecule has 1 aromatic heterocycles. The highest BCUT2D eigenvalue weighted by molar-refractivity contribution is 5.87. The van der Waals surface area contributed by atoms with Gasteiger partial charge in [-0.25, -0.2) is 9.18 Å². The summed E-state index contributed by atoms with van der Waals surface area (Å²) < 4.78 is 13.3. The van der Waals surface area contributed by atoms with Gasteiger partial charge in [-0.05, 0) is 29.8 Å². The first-order valence-corrected chi connectivity index (χ1v) is 9.18. The Morgan fingerprint density at radius 2 is 2.07 bits per heavy atom. The predicted octanol–water partition coefficient (Wildman–Crippen LogP) is 0.836. The second kappa shape index (κ2) is 7.75. The van der Waals surface area contributed by atoms with E-state index in [9.17, 15) is 14.0 Å². The number of amides is 2. The van der Waals surface area contributed by atoms with Crippen molar-refractivity contribution in [3.05, 3.63) is 75.5 Å². The number of aromatic nitrogens is 2. The van der Waals surface area contributed by atoms with Gasteiger partial charge in [-0.2, -0.15) is 5.10 Å². The quantitative estimate of drug-likeness (QED) is 0.657. The Balaban J connectivity index is 1.62. The van der Waals surface area contributed by atoms with E-state index in [1.165, 1.54) is 12.1 Å². The first kappa shape index (κ1) is 18.7. The first-order chi connectivity index (χ1) is 14.0. The number of rotatable bonds is 5. The number of aldehydes is 1. The smallest absolute Gasteiger partial charge is 0.319 e. The number of hydrogen-bond donors (Lipinski definition) is 3. The van der Waals surface area contributed by atoms with Gasteiger partial charge in [0.1, 0.15) is 12.1 Å². The van der Waals surface area contributed by atoms with E-state index in [0.717, 1.165) is 22.6 Å². The van der Waals surface area contributed by atoms with Crippen molar-refractivity contribution in [2.45, 2.75) is 12.5 Å². The maximum Gasteiger partial charge on any atom is 0.319 e. The molecule has 8 heteroatoms. The van der Waals surface area contributed by atoms with Crippen LogP contribution in [0, 0.1) is 5.82 Å². The van der Waals surface area contributed by atoms with Crippen LogP contribution in [0.25, 0.3) is 12.2 Å². The van der Waals surface area contributed by atoms with Crippen LogP contribution < -0.4 is 21.2 Å². The number of allylic oxidation sites excluding steroid dienone is 2. The topological polar surface area (TPSA) is 90.1 Å². The summed E-state index contributed by atoms with van der Waals surface area (Å²) in [6.45, 7) is 0.346. The number of nitrogens with one attached hydrogen (secondary N) is 3. The van der Waals surface area contributed by atoms with E-state index in [1.807, 2.05) is 24.1 Å². The van der Waals surface area contributed by atoms with Crippen LogP contribution in [0.15, 0.2) is 53.5 Å². The molecule has 0 saturated carbocycles. The number of carbonyl (C=O) groups is 2. The van der Waals surface area contributed by atoms with Crippen LogP contribution in [-0.4, -0.2) is 41.0 Å². The fourth-order valence-electron chi connectivity index (χ4n) is 3.50. The summed E-state index contributed by atoms with van der Waals surface area (Å²) in [6, 6.07) is 4.72. The molecular weight excluding hydrogens is 373 g/mol. The van der Waals surface area contributed by atoms with Crippen LogP contribution in [0.5, 0.6) is 0 Å². The van der Waals surface area contributed by atoms with Crippen LogP contribution in [0.3, 0.4) is 0 Å². The number of urea groups is 1. The van der Waals surface area contributed by atoms with E-state index >= 15 is 0 Å². The fraction of sp³-hybridized carbons (Fsp3) is 0.190. The molecule has 0 radical (unpaired) electrons. The van der Waals surface area contributed by atoms with Gasteiger partial charge >= 0.3 is 6.03 Å². The molecule has 29 heavy (non-hydrogen) atoms. The number of nitrogens with zero attached hydrogens (tertiary/aromatic N) is 2. The van der Waals surface area contributed by atoms with Crippen molar-refractivity contribution in [3.8, 4) is 0 Å². The van der Waals surface area contributed by atoms with Gasteiger partial charge in [-0.3, -0.25) is 9.89 Å². The van der Waals surface area contributed by atoms with Gasteiger partial charge in [-0.1, -0.05) is 18.2 Å². The van der Waals surface area contributed by atoms with Crippen molar-refractivity contribution in [1.29, 1.82) is 0 Å². The summed E-state index contributed by atoms with van der Waals surface area (Å²) >= 11 is 0. The Hall–Kier alpha value is -3.68. The summed E-state index contributed by atoms with van der Waals surface area (Å²) in [6.07, 6.45) is 9.21. The van der Waals surface area contributed by atoms with E-state index in [2.05, 4.69) is 26.9 Å². The number of likely N-dealkylation sites (N-methyl/N-ethyl adjacent to an activating group) is 1. The number of carbonyl (C=O) groups excluding carboxylic acids is 2. The molecule has 2 amide bonds. The molecule has 0 spiro atoms. The second-order valence-corrected chi connectivity index (χ2v) is 6.96. The van der Waals surface area contributed by atoms with Gasteiger partial charge in [-0.15, -0.1) is 0 Å². The molecule has 148 valence electrons. The third kappa shape index (κ3) is 3.82. The van der Waals surface area contributed by atoms with Crippen LogP contribution in [0.1, 0.15) is 18.0 Å². The zero-order chi connectivity index (χ0) is 20.4. The highest BCUT2D eigenvalue weighted by Gasteiger charge is 2.28. The van der Waals surface area contributed by atoms with E-state index in [-0.39, 0.29) is 5.82 Å². The van der Waals surface area contributed by atoms with Crippen LogP contribution >= 0.6 is 0 Å². The largest absolute Gasteiger partial charge is 0.372 e. The Labute approximate surface area is 166 Å². The zero-order valence-corrected chi connectivity index (χ0v) is 15.8. The van der Waals surface area contributed by atoms with Gasteiger partial charge in [0.05, 0.1) is 24.1 Å². The lowest BCUT2D eigenvalue weighted by Crippen LogP contribution is -2.46. The lowest BCUT2D eigenvalue weighted by atomic mass is 9.96. The number of benzene rings is 1. The lowest BCUT2D eigenvalue weighted by Gasteiger charge is -2.31. The number of H-pyrrole nitrogens is 1. The molecule has 7 nitrogen and oxygen atoms in total. The molecule has 2 aliphatic rings. The molecule has 0 saturated heterocycles. The third-order valence-corrected chi connectivity index (χ3v) is 5.09. The van der Waals surface area contributed by atoms with Crippen molar-refractivity contribution in [2.24, 2.45) is 0 Å². The average molecular weight is 393 g/mol. The van der Waals surface area contributed by atoms with Crippen LogP contribution in [0.2, 0.25) is 0 Å². The van der Waals surface area contributed by atoms with E-state index in [4.69, 9.17) is 0 Å². The molecule has 1 aliphatic heterocycles. The normalized spacial score (nSPS) is 18.3. The standard InChI is InChI=1S/C21H20FN5O2/c1-27(16-7-4-14-10-23-26-18(14)9-8-16)11-19-17(12-28)20(25-21(29)24-19)13-2-5-15(22)6-3-13/h2-6,8-10,12,20,26H,7,11H2,1H3,(H2,24,25,29). The van der Waals surface area contributed by atoms with E-state index < -0.39 is 12.1 Å². The monoisotopic (exact) mass is 393 g/mol. The summed E-state index contributed by atoms with van der Waals surface area (Å²) in [5.41, 5.74) is 2.61. The lowest BCUT2D eigenvalue weighted by molar-refractivity contribution is -0.105.